The van der Waals surface area contributed by atoms with Crippen LogP contribution >= 0.6 is 0 Å². The molecule has 2 N–H and O–H groups in total. The molecule has 1 aliphatic heterocycles. The minimum absolute atomic E-state index is 0.160. The molecule has 0 aliphatic carbocycles. The summed E-state index contributed by atoms with van der Waals surface area (Å²) < 4.78 is 5.90. The third-order valence-corrected chi connectivity index (χ3v) is 6.13. The first-order chi connectivity index (χ1) is 17.0. The second kappa shape index (κ2) is 11.5. The normalized spacial score (nSPS) is 14.6. The second-order valence-corrected chi connectivity index (χ2v) is 10.5. The van der Waals surface area contributed by atoms with E-state index in [1.54, 1.807) is 7.05 Å². The Hall–Kier alpha value is -3.46. The van der Waals surface area contributed by atoms with E-state index < -0.39 is 0 Å². The standard InChI is InChI=1S/C27H38N6O3/c1-7-22(34)31(6)12-13-36-25-24(29-18-30-26(25)28)20-8-9-21(19(2)14-20)15-33-11-10-32(16-23(33)35)17-27(3,4)5/h7-9,14,18H,1,10-13,15-17H2,2-6H3,(H2,28,29,30). The summed E-state index contributed by atoms with van der Waals surface area (Å²) in [5.74, 6) is 0.594. The van der Waals surface area contributed by atoms with Crippen molar-refractivity contribution < 1.29 is 14.3 Å². The number of ether oxygens (including phenoxy) is 1. The van der Waals surface area contributed by atoms with Crippen molar-refractivity contribution in [3.8, 4) is 17.0 Å². The van der Waals surface area contributed by atoms with Crippen molar-refractivity contribution in [1.29, 1.82) is 0 Å². The van der Waals surface area contributed by atoms with Gasteiger partial charge in [-0.15, -0.1) is 0 Å². The summed E-state index contributed by atoms with van der Waals surface area (Å²) in [5.41, 5.74) is 9.83. The lowest BCUT2D eigenvalue weighted by Crippen LogP contribution is -2.51. The average Bonchev–Trinajstić information content (AvgIpc) is 2.81. The van der Waals surface area contributed by atoms with Crippen LogP contribution in [-0.2, 0) is 16.1 Å². The van der Waals surface area contributed by atoms with Crippen LogP contribution in [0.15, 0.2) is 37.2 Å². The average molecular weight is 495 g/mol. The molecule has 0 radical (unpaired) electrons. The minimum atomic E-state index is -0.184. The zero-order valence-corrected chi connectivity index (χ0v) is 22.1. The van der Waals surface area contributed by atoms with E-state index in [1.165, 1.54) is 17.3 Å². The number of hydrogen-bond acceptors (Lipinski definition) is 7. The van der Waals surface area contributed by atoms with Gasteiger partial charge in [0.1, 0.15) is 18.6 Å². The van der Waals surface area contributed by atoms with Crippen molar-refractivity contribution in [2.75, 3.05) is 52.1 Å². The zero-order valence-electron chi connectivity index (χ0n) is 22.1. The number of carbonyl (C=O) groups excluding carboxylic acids is 2. The smallest absolute Gasteiger partial charge is 0.245 e. The van der Waals surface area contributed by atoms with Crippen LogP contribution in [-0.4, -0.2) is 82.9 Å². The number of nitrogen functional groups attached to an aromatic ring is 1. The van der Waals surface area contributed by atoms with E-state index in [2.05, 4.69) is 42.2 Å². The first-order valence-electron chi connectivity index (χ1n) is 12.2. The molecule has 0 bridgehead atoms. The fraction of sp³-hybridized carbons (Fsp3) is 0.481. The number of nitrogens with two attached hydrogens (primary N) is 1. The molecule has 1 aromatic heterocycles. The molecular weight excluding hydrogens is 456 g/mol. The molecule has 2 heterocycles. The summed E-state index contributed by atoms with van der Waals surface area (Å²) in [7, 11) is 1.68. The molecule has 3 rings (SSSR count). The first kappa shape index (κ1) is 27.1. The van der Waals surface area contributed by atoms with Gasteiger partial charge in [0.15, 0.2) is 11.6 Å². The zero-order chi connectivity index (χ0) is 26.5. The lowest BCUT2D eigenvalue weighted by Gasteiger charge is -2.37. The van der Waals surface area contributed by atoms with Crippen molar-refractivity contribution in [3.05, 3.63) is 48.3 Å². The Kier molecular flexibility index (Phi) is 8.68. The predicted octanol–water partition coefficient (Wildman–Crippen LogP) is 2.75. The van der Waals surface area contributed by atoms with Crippen molar-refractivity contribution in [2.45, 2.75) is 34.2 Å². The highest BCUT2D eigenvalue weighted by atomic mass is 16.5. The number of aryl methyl sites for hydroxylation is 1. The summed E-state index contributed by atoms with van der Waals surface area (Å²) in [6.07, 6.45) is 2.67. The van der Waals surface area contributed by atoms with Gasteiger partial charge < -0.3 is 20.3 Å². The van der Waals surface area contributed by atoms with Crippen molar-refractivity contribution in [3.63, 3.8) is 0 Å². The Balaban J connectivity index is 1.70. The highest BCUT2D eigenvalue weighted by Gasteiger charge is 2.27. The number of nitrogens with zero attached hydrogens (tertiary/aromatic N) is 5. The van der Waals surface area contributed by atoms with E-state index in [1.807, 2.05) is 30.0 Å². The van der Waals surface area contributed by atoms with E-state index in [0.29, 0.717) is 31.1 Å². The Morgan fingerprint density at radius 3 is 2.67 bits per heavy atom. The van der Waals surface area contributed by atoms with Crippen LogP contribution in [0.5, 0.6) is 5.75 Å². The number of rotatable bonds is 9. The molecule has 1 saturated heterocycles. The fourth-order valence-corrected chi connectivity index (χ4v) is 4.24. The van der Waals surface area contributed by atoms with Crippen molar-refractivity contribution >= 4 is 17.6 Å². The van der Waals surface area contributed by atoms with Gasteiger partial charge in [-0.05, 0) is 35.6 Å². The lowest BCUT2D eigenvalue weighted by atomic mass is 9.95. The SMILES string of the molecule is C=CC(=O)N(C)CCOc1c(N)ncnc1-c1ccc(CN2CCN(CC(C)(C)C)CC2=O)c(C)c1. The molecule has 9 heteroatoms. The van der Waals surface area contributed by atoms with Crippen LogP contribution in [0.2, 0.25) is 0 Å². The number of benzene rings is 1. The summed E-state index contributed by atoms with van der Waals surface area (Å²) in [4.78, 5) is 38.6. The highest BCUT2D eigenvalue weighted by Crippen LogP contribution is 2.33. The summed E-state index contributed by atoms with van der Waals surface area (Å²) in [5, 5.41) is 0. The molecule has 0 atom stereocenters. The Labute approximate surface area is 213 Å². The summed E-state index contributed by atoms with van der Waals surface area (Å²) >= 11 is 0. The summed E-state index contributed by atoms with van der Waals surface area (Å²) in [6, 6.07) is 6.01. The molecule has 9 nitrogen and oxygen atoms in total. The molecule has 2 amide bonds. The van der Waals surface area contributed by atoms with Crippen LogP contribution in [0.1, 0.15) is 31.9 Å². The molecule has 1 aromatic carbocycles. The van der Waals surface area contributed by atoms with Gasteiger partial charge in [0.2, 0.25) is 11.8 Å². The van der Waals surface area contributed by atoms with Crippen LogP contribution in [0.4, 0.5) is 5.82 Å². The second-order valence-electron chi connectivity index (χ2n) is 10.5. The van der Waals surface area contributed by atoms with Gasteiger partial charge >= 0.3 is 0 Å². The van der Waals surface area contributed by atoms with Gasteiger partial charge in [0, 0.05) is 38.8 Å². The van der Waals surface area contributed by atoms with E-state index >= 15 is 0 Å². The largest absolute Gasteiger partial charge is 0.486 e. The Bertz CT molecular complexity index is 1110. The number of likely N-dealkylation sites (N-methyl/N-ethyl adjacent to an activating group) is 1. The van der Waals surface area contributed by atoms with Gasteiger partial charge in [-0.1, -0.05) is 39.5 Å². The monoisotopic (exact) mass is 494 g/mol. The third kappa shape index (κ3) is 7.04. The maximum absolute atomic E-state index is 12.8. The molecule has 0 spiro atoms. The Morgan fingerprint density at radius 2 is 2.03 bits per heavy atom. The lowest BCUT2D eigenvalue weighted by molar-refractivity contribution is -0.137. The van der Waals surface area contributed by atoms with Crippen LogP contribution in [0.3, 0.4) is 0 Å². The number of piperazine rings is 1. The molecule has 0 saturated carbocycles. The first-order valence-corrected chi connectivity index (χ1v) is 12.2. The van der Waals surface area contributed by atoms with Gasteiger partial charge in [0.05, 0.1) is 13.1 Å². The van der Waals surface area contributed by atoms with Crippen molar-refractivity contribution in [2.24, 2.45) is 5.41 Å². The fourth-order valence-electron chi connectivity index (χ4n) is 4.24. The van der Waals surface area contributed by atoms with Gasteiger partial charge in [-0.25, -0.2) is 9.97 Å². The summed E-state index contributed by atoms with van der Waals surface area (Å²) in [6.45, 7) is 16.3. The van der Waals surface area contributed by atoms with Gasteiger partial charge in [-0.2, -0.15) is 0 Å². The molecule has 2 aromatic rings. The van der Waals surface area contributed by atoms with Crippen LogP contribution in [0.25, 0.3) is 11.3 Å². The molecule has 36 heavy (non-hydrogen) atoms. The van der Waals surface area contributed by atoms with E-state index in [4.69, 9.17) is 10.5 Å². The Morgan fingerprint density at radius 1 is 1.28 bits per heavy atom. The predicted molar refractivity (Wildman–Crippen MR) is 141 cm³/mol. The number of amides is 2. The number of anilines is 1. The van der Waals surface area contributed by atoms with Crippen molar-refractivity contribution in [1.82, 2.24) is 24.7 Å². The van der Waals surface area contributed by atoms with E-state index in [9.17, 15) is 9.59 Å². The molecule has 1 fully saturated rings. The molecule has 0 unspecified atom stereocenters. The number of aromatic nitrogens is 2. The molecule has 194 valence electrons. The van der Waals surface area contributed by atoms with Gasteiger partial charge in [-0.3, -0.25) is 14.5 Å². The third-order valence-electron chi connectivity index (χ3n) is 6.13. The quantitative estimate of drug-likeness (QED) is 0.535. The minimum Gasteiger partial charge on any atom is -0.486 e. The van der Waals surface area contributed by atoms with Crippen LogP contribution < -0.4 is 10.5 Å². The number of hydrogen-bond donors (Lipinski definition) is 1. The van der Waals surface area contributed by atoms with E-state index in [-0.39, 0.29) is 29.7 Å². The topological polar surface area (TPSA) is 105 Å². The highest BCUT2D eigenvalue weighted by molar-refractivity contribution is 5.86. The maximum atomic E-state index is 12.8. The number of carbonyl (C=O) groups is 2. The maximum Gasteiger partial charge on any atom is 0.245 e. The molecular formula is C27H38N6O3. The van der Waals surface area contributed by atoms with E-state index in [0.717, 1.165) is 36.3 Å². The molecule has 1 aliphatic rings. The van der Waals surface area contributed by atoms with Gasteiger partial charge in [0.25, 0.3) is 0 Å². The van der Waals surface area contributed by atoms with Crippen LogP contribution in [0, 0.1) is 12.3 Å².